The molecule has 0 aliphatic heterocycles. The highest BCUT2D eigenvalue weighted by Crippen LogP contribution is 2.21. The lowest BCUT2D eigenvalue weighted by atomic mass is 9.97. The van der Waals surface area contributed by atoms with Gasteiger partial charge in [0.25, 0.3) is 0 Å². The number of carboxylic acids is 2. The molecule has 0 aliphatic carbocycles. The molecular weight excluding hydrogens is 304 g/mol. The van der Waals surface area contributed by atoms with E-state index in [9.17, 15) is 19.8 Å². The molecule has 24 heavy (non-hydrogen) atoms. The minimum Gasteiger partial charge on any atom is -0.478 e. The molecule has 0 aromatic rings. The molecular formula is C20H32O4. The summed E-state index contributed by atoms with van der Waals surface area (Å²) in [6, 6.07) is 0. The number of rotatable bonds is 12. The molecule has 2 N–H and O–H groups in total. The van der Waals surface area contributed by atoms with E-state index >= 15 is 0 Å². The molecule has 0 rings (SSSR count). The minimum absolute atomic E-state index is 0.113. The van der Waals surface area contributed by atoms with Crippen molar-refractivity contribution in [2.75, 3.05) is 0 Å². The summed E-state index contributed by atoms with van der Waals surface area (Å²) in [5.74, 6) is -2.37. The molecule has 0 unspecified atom stereocenters. The van der Waals surface area contributed by atoms with Gasteiger partial charge >= 0.3 is 11.9 Å². The molecule has 0 atom stereocenters. The first-order valence-corrected chi connectivity index (χ1v) is 9.00. The van der Waals surface area contributed by atoms with Gasteiger partial charge in [-0.05, 0) is 50.7 Å². The Balaban J connectivity index is 5.98. The molecule has 0 fully saturated rings. The van der Waals surface area contributed by atoms with Crippen LogP contribution in [0.15, 0.2) is 34.4 Å². The molecule has 0 saturated carbocycles. The maximum Gasteiger partial charge on any atom is 0.336 e. The fourth-order valence-electron chi connectivity index (χ4n) is 2.43. The van der Waals surface area contributed by atoms with E-state index in [1.807, 2.05) is 13.8 Å². The molecule has 0 amide bonds. The Kier molecular flexibility index (Phi) is 11.6. The Morgan fingerprint density at radius 2 is 1.04 bits per heavy atom. The quantitative estimate of drug-likeness (QED) is 0.364. The second-order valence-corrected chi connectivity index (χ2v) is 5.96. The van der Waals surface area contributed by atoms with Gasteiger partial charge in [0.05, 0.1) is 11.1 Å². The van der Waals surface area contributed by atoms with Gasteiger partial charge in [-0.2, -0.15) is 0 Å². The van der Waals surface area contributed by atoms with Crippen molar-refractivity contribution < 1.29 is 19.8 Å². The Morgan fingerprint density at radius 1 is 0.708 bits per heavy atom. The largest absolute Gasteiger partial charge is 0.478 e. The first-order valence-electron chi connectivity index (χ1n) is 9.00. The average molecular weight is 336 g/mol. The normalized spacial score (nSPS) is 13.7. The number of allylic oxidation sites excluding steroid dienone is 2. The predicted octanol–water partition coefficient (Wildman–Crippen LogP) is 5.51. The number of unbranched alkanes of at least 4 members (excludes halogenated alkanes) is 2. The summed E-state index contributed by atoms with van der Waals surface area (Å²) in [7, 11) is 0. The summed E-state index contributed by atoms with van der Waals surface area (Å²) >= 11 is 0. The molecule has 0 aromatic carbocycles. The lowest BCUT2D eigenvalue weighted by molar-refractivity contribution is -0.135. The van der Waals surface area contributed by atoms with Crippen molar-refractivity contribution in [2.24, 2.45) is 0 Å². The summed E-state index contributed by atoms with van der Waals surface area (Å²) in [5.41, 5.74) is 1.73. The third-order valence-electron chi connectivity index (χ3n) is 4.06. The third kappa shape index (κ3) is 8.14. The van der Waals surface area contributed by atoms with E-state index in [0.29, 0.717) is 0 Å². The molecule has 0 aromatic heterocycles. The van der Waals surface area contributed by atoms with Gasteiger partial charge in [-0.15, -0.1) is 0 Å². The number of hydrogen-bond acceptors (Lipinski definition) is 2. The number of aliphatic carboxylic acids is 2. The summed E-state index contributed by atoms with van der Waals surface area (Å²) in [6.07, 6.45) is 10.2. The fraction of sp³-hybridized carbons (Fsp3) is 0.600. The van der Waals surface area contributed by atoms with Gasteiger partial charge in [-0.3, -0.25) is 0 Å². The van der Waals surface area contributed by atoms with Crippen LogP contribution < -0.4 is 0 Å². The maximum atomic E-state index is 11.7. The van der Waals surface area contributed by atoms with Crippen LogP contribution in [0.2, 0.25) is 0 Å². The molecule has 4 nitrogen and oxygen atoms in total. The Labute approximate surface area is 146 Å². The van der Waals surface area contributed by atoms with Gasteiger partial charge in [0, 0.05) is 0 Å². The van der Waals surface area contributed by atoms with Crippen LogP contribution in [-0.2, 0) is 9.59 Å². The highest BCUT2D eigenvalue weighted by atomic mass is 16.4. The van der Waals surface area contributed by atoms with Gasteiger partial charge in [0.15, 0.2) is 0 Å². The first kappa shape index (κ1) is 22.2. The van der Waals surface area contributed by atoms with Gasteiger partial charge in [0.1, 0.15) is 0 Å². The van der Waals surface area contributed by atoms with E-state index in [1.54, 1.807) is 12.2 Å². The van der Waals surface area contributed by atoms with Crippen molar-refractivity contribution in [2.45, 2.75) is 79.1 Å². The van der Waals surface area contributed by atoms with Crippen molar-refractivity contribution in [3.05, 3.63) is 34.4 Å². The second kappa shape index (κ2) is 12.6. The van der Waals surface area contributed by atoms with Crippen LogP contribution >= 0.6 is 0 Å². The Hall–Kier alpha value is -1.84. The van der Waals surface area contributed by atoms with Crippen molar-refractivity contribution in [3.63, 3.8) is 0 Å². The van der Waals surface area contributed by atoms with Crippen LogP contribution in [0.5, 0.6) is 0 Å². The molecule has 0 saturated heterocycles. The molecule has 136 valence electrons. The van der Waals surface area contributed by atoms with Crippen molar-refractivity contribution >= 4 is 11.9 Å². The lowest BCUT2D eigenvalue weighted by Crippen LogP contribution is -2.10. The van der Waals surface area contributed by atoms with E-state index in [4.69, 9.17) is 0 Å². The highest BCUT2D eigenvalue weighted by molar-refractivity contribution is 6.03. The fourth-order valence-corrected chi connectivity index (χ4v) is 2.43. The molecule has 0 heterocycles. The molecule has 0 bridgehead atoms. The Morgan fingerprint density at radius 3 is 1.25 bits per heavy atom. The number of hydrogen-bond donors (Lipinski definition) is 2. The van der Waals surface area contributed by atoms with Crippen LogP contribution in [0.4, 0.5) is 0 Å². The zero-order valence-corrected chi connectivity index (χ0v) is 15.5. The van der Waals surface area contributed by atoms with E-state index in [1.165, 1.54) is 0 Å². The van der Waals surface area contributed by atoms with E-state index in [-0.39, 0.29) is 11.1 Å². The van der Waals surface area contributed by atoms with Gasteiger partial charge in [-0.25, -0.2) is 9.59 Å². The average Bonchev–Trinajstić information content (AvgIpc) is 2.55. The Bertz CT molecular complexity index is 464. The van der Waals surface area contributed by atoms with E-state index < -0.39 is 11.9 Å². The van der Waals surface area contributed by atoms with Gasteiger partial charge in [0.2, 0.25) is 0 Å². The monoisotopic (exact) mass is 336 g/mol. The van der Waals surface area contributed by atoms with Crippen LogP contribution in [0.25, 0.3) is 0 Å². The minimum atomic E-state index is -1.18. The van der Waals surface area contributed by atoms with Gasteiger partial charge < -0.3 is 10.2 Å². The van der Waals surface area contributed by atoms with Crippen LogP contribution in [0.1, 0.15) is 79.1 Å². The molecule has 0 radical (unpaired) electrons. The number of carboxylic acid groups (broad SMARTS) is 2. The maximum absolute atomic E-state index is 11.7. The lowest BCUT2D eigenvalue weighted by Gasteiger charge is -2.09. The van der Waals surface area contributed by atoms with Crippen LogP contribution in [0, 0.1) is 0 Å². The summed E-state index contributed by atoms with van der Waals surface area (Å²) in [5, 5.41) is 19.1. The molecule has 0 spiro atoms. The topological polar surface area (TPSA) is 74.6 Å². The van der Waals surface area contributed by atoms with Crippen LogP contribution in [0.3, 0.4) is 0 Å². The van der Waals surface area contributed by atoms with Crippen LogP contribution in [-0.4, -0.2) is 22.2 Å². The van der Waals surface area contributed by atoms with Crippen molar-refractivity contribution in [3.8, 4) is 0 Å². The summed E-state index contributed by atoms with van der Waals surface area (Å²) < 4.78 is 0. The zero-order chi connectivity index (χ0) is 18.5. The molecule has 0 aliphatic rings. The van der Waals surface area contributed by atoms with Crippen molar-refractivity contribution in [1.29, 1.82) is 0 Å². The number of carbonyl (C=O) groups is 2. The van der Waals surface area contributed by atoms with Crippen molar-refractivity contribution in [1.82, 2.24) is 0 Å². The molecule has 4 heteroatoms. The van der Waals surface area contributed by atoms with E-state index in [2.05, 4.69) is 13.8 Å². The highest BCUT2D eigenvalue weighted by Gasteiger charge is 2.18. The smallest absolute Gasteiger partial charge is 0.336 e. The second-order valence-electron chi connectivity index (χ2n) is 5.96. The summed E-state index contributed by atoms with van der Waals surface area (Å²) in [4.78, 5) is 23.3. The standard InChI is InChI=1S/C20H32O4/c1-5-9-11-15(7-3)13-17(19(21)22)18(20(23)24)14-16(8-4)12-10-6-2/h13-14H,5-12H2,1-4H3,(H,21,22)(H,23,24). The predicted molar refractivity (Wildman–Crippen MR) is 98.1 cm³/mol. The first-order chi connectivity index (χ1) is 11.4. The van der Waals surface area contributed by atoms with E-state index in [0.717, 1.165) is 62.5 Å². The SMILES string of the molecule is CCCCC(=CC(C(=O)O)=C(C=C(CC)CCCC)C(=O)O)CC. The zero-order valence-electron chi connectivity index (χ0n) is 15.5. The van der Waals surface area contributed by atoms with Gasteiger partial charge in [-0.1, -0.05) is 51.7 Å². The third-order valence-corrected chi connectivity index (χ3v) is 4.06. The summed E-state index contributed by atoms with van der Waals surface area (Å²) in [6.45, 7) is 8.09.